The molecule has 5 heteroatoms. The Balaban J connectivity index is 2.10. The molecule has 2 rings (SSSR count). The van der Waals surface area contributed by atoms with Crippen LogP contribution in [0.4, 0.5) is 17.5 Å². The van der Waals surface area contributed by atoms with Gasteiger partial charge in [0.05, 0.1) is 10.7 Å². The number of hydrogen-bond donors (Lipinski definition) is 2. The summed E-state index contributed by atoms with van der Waals surface area (Å²) in [5.74, 6) is 2.05. The van der Waals surface area contributed by atoms with Crippen molar-refractivity contribution in [1.82, 2.24) is 9.97 Å². The van der Waals surface area contributed by atoms with E-state index in [1.807, 2.05) is 37.3 Å². The SMILES string of the molecule is Cc1cc(NCCC(C)C)nc(Nc2ccccc2Cl)n1. The molecule has 0 amide bonds. The highest BCUT2D eigenvalue weighted by Gasteiger charge is 2.05. The zero-order valence-corrected chi connectivity index (χ0v) is 13.4. The number of rotatable bonds is 6. The zero-order chi connectivity index (χ0) is 15.2. The van der Waals surface area contributed by atoms with E-state index in [2.05, 4.69) is 34.4 Å². The van der Waals surface area contributed by atoms with Gasteiger partial charge in [0.25, 0.3) is 0 Å². The fraction of sp³-hybridized carbons (Fsp3) is 0.375. The molecule has 0 unspecified atom stereocenters. The fourth-order valence-corrected chi connectivity index (χ4v) is 2.07. The normalized spacial score (nSPS) is 10.7. The minimum absolute atomic E-state index is 0.551. The van der Waals surface area contributed by atoms with Gasteiger partial charge in [-0.1, -0.05) is 37.6 Å². The number of anilines is 3. The Morgan fingerprint density at radius 1 is 1.19 bits per heavy atom. The van der Waals surface area contributed by atoms with Crippen molar-refractivity contribution in [1.29, 1.82) is 0 Å². The number of nitrogens with zero attached hydrogens (tertiary/aromatic N) is 2. The summed E-state index contributed by atoms with van der Waals surface area (Å²) in [7, 11) is 0. The maximum absolute atomic E-state index is 6.14. The van der Waals surface area contributed by atoms with E-state index in [9.17, 15) is 0 Å². The van der Waals surface area contributed by atoms with Crippen LogP contribution >= 0.6 is 11.6 Å². The monoisotopic (exact) mass is 304 g/mol. The lowest BCUT2D eigenvalue weighted by atomic mass is 10.1. The minimum Gasteiger partial charge on any atom is -0.370 e. The van der Waals surface area contributed by atoms with Crippen molar-refractivity contribution < 1.29 is 0 Å². The Labute approximate surface area is 131 Å². The third-order valence-electron chi connectivity index (χ3n) is 3.00. The molecule has 0 saturated heterocycles. The van der Waals surface area contributed by atoms with Gasteiger partial charge < -0.3 is 10.6 Å². The van der Waals surface area contributed by atoms with Gasteiger partial charge in [-0.05, 0) is 31.4 Å². The van der Waals surface area contributed by atoms with Crippen molar-refractivity contribution >= 4 is 29.1 Å². The molecule has 112 valence electrons. The summed E-state index contributed by atoms with van der Waals surface area (Å²) in [6, 6.07) is 9.49. The molecule has 0 spiro atoms. The van der Waals surface area contributed by atoms with Crippen molar-refractivity contribution in [3.63, 3.8) is 0 Å². The van der Waals surface area contributed by atoms with Crippen molar-refractivity contribution in [3.05, 3.63) is 41.0 Å². The van der Waals surface area contributed by atoms with Gasteiger partial charge in [-0.2, -0.15) is 4.98 Å². The van der Waals surface area contributed by atoms with Gasteiger partial charge in [-0.25, -0.2) is 4.98 Å². The number of hydrogen-bond acceptors (Lipinski definition) is 4. The molecule has 0 radical (unpaired) electrons. The lowest BCUT2D eigenvalue weighted by molar-refractivity contribution is 0.606. The van der Waals surface area contributed by atoms with Gasteiger partial charge >= 0.3 is 0 Å². The van der Waals surface area contributed by atoms with Crippen LogP contribution in [0.3, 0.4) is 0 Å². The fourth-order valence-electron chi connectivity index (χ4n) is 1.89. The molecular formula is C16H21ClN4. The van der Waals surface area contributed by atoms with Gasteiger partial charge in [-0.3, -0.25) is 0 Å². The molecule has 0 bridgehead atoms. The Kier molecular flexibility index (Phi) is 5.39. The predicted octanol–water partition coefficient (Wildman–Crippen LogP) is 4.64. The lowest BCUT2D eigenvalue weighted by Gasteiger charge is -2.11. The lowest BCUT2D eigenvalue weighted by Crippen LogP contribution is -2.08. The van der Waals surface area contributed by atoms with Crippen LogP contribution in [-0.4, -0.2) is 16.5 Å². The van der Waals surface area contributed by atoms with Crippen molar-refractivity contribution in [2.45, 2.75) is 27.2 Å². The van der Waals surface area contributed by atoms with E-state index in [0.29, 0.717) is 16.9 Å². The summed E-state index contributed by atoms with van der Waals surface area (Å²) in [4.78, 5) is 8.87. The Bertz CT molecular complexity index is 599. The summed E-state index contributed by atoms with van der Waals surface area (Å²) in [6.45, 7) is 7.27. The highest BCUT2D eigenvalue weighted by atomic mass is 35.5. The highest BCUT2D eigenvalue weighted by Crippen LogP contribution is 2.23. The molecule has 2 aromatic rings. The van der Waals surface area contributed by atoms with E-state index >= 15 is 0 Å². The van der Waals surface area contributed by atoms with Gasteiger partial charge in [0.1, 0.15) is 5.82 Å². The number of benzene rings is 1. The van der Waals surface area contributed by atoms with Crippen LogP contribution in [-0.2, 0) is 0 Å². The molecule has 2 N–H and O–H groups in total. The van der Waals surface area contributed by atoms with Crippen LogP contribution in [0.5, 0.6) is 0 Å². The van der Waals surface area contributed by atoms with Crippen molar-refractivity contribution in [3.8, 4) is 0 Å². The largest absolute Gasteiger partial charge is 0.370 e. The first-order chi connectivity index (χ1) is 10.0. The van der Waals surface area contributed by atoms with E-state index in [-0.39, 0.29) is 0 Å². The predicted molar refractivity (Wildman–Crippen MR) is 89.4 cm³/mol. The second-order valence-corrected chi connectivity index (χ2v) is 5.84. The molecule has 0 fully saturated rings. The molecule has 0 aliphatic heterocycles. The second-order valence-electron chi connectivity index (χ2n) is 5.43. The van der Waals surface area contributed by atoms with Gasteiger partial charge in [0.2, 0.25) is 5.95 Å². The summed E-state index contributed by atoms with van der Waals surface area (Å²) >= 11 is 6.14. The number of halogens is 1. The first-order valence-electron chi connectivity index (χ1n) is 7.15. The van der Waals surface area contributed by atoms with Crippen LogP contribution in [0.15, 0.2) is 30.3 Å². The molecular weight excluding hydrogens is 284 g/mol. The van der Waals surface area contributed by atoms with Gasteiger partial charge in [0.15, 0.2) is 0 Å². The number of nitrogens with one attached hydrogen (secondary N) is 2. The molecule has 1 aromatic carbocycles. The third-order valence-corrected chi connectivity index (χ3v) is 3.33. The van der Waals surface area contributed by atoms with Crippen LogP contribution in [0, 0.1) is 12.8 Å². The number of aryl methyl sites for hydroxylation is 1. The van der Waals surface area contributed by atoms with E-state index in [1.165, 1.54) is 0 Å². The molecule has 1 heterocycles. The van der Waals surface area contributed by atoms with Gasteiger partial charge in [0, 0.05) is 18.3 Å². The molecule has 1 aromatic heterocycles. The summed E-state index contributed by atoms with van der Waals surface area (Å²) < 4.78 is 0. The molecule has 4 nitrogen and oxygen atoms in total. The average Bonchev–Trinajstić information content (AvgIpc) is 2.40. The first-order valence-corrected chi connectivity index (χ1v) is 7.53. The highest BCUT2D eigenvalue weighted by molar-refractivity contribution is 6.33. The zero-order valence-electron chi connectivity index (χ0n) is 12.7. The third kappa shape index (κ3) is 4.90. The topological polar surface area (TPSA) is 49.8 Å². The van der Waals surface area contributed by atoms with Gasteiger partial charge in [-0.15, -0.1) is 0 Å². The van der Waals surface area contributed by atoms with E-state index in [4.69, 9.17) is 11.6 Å². The van der Waals surface area contributed by atoms with E-state index in [1.54, 1.807) is 0 Å². The van der Waals surface area contributed by atoms with Crippen molar-refractivity contribution in [2.75, 3.05) is 17.2 Å². The Morgan fingerprint density at radius 3 is 2.67 bits per heavy atom. The standard InChI is InChI=1S/C16H21ClN4/c1-11(2)8-9-18-15-10-12(3)19-16(21-15)20-14-7-5-4-6-13(14)17/h4-7,10-11H,8-9H2,1-3H3,(H2,18,19,20,21). The maximum atomic E-state index is 6.14. The Morgan fingerprint density at radius 2 is 1.95 bits per heavy atom. The number of aromatic nitrogens is 2. The molecule has 0 aliphatic rings. The average molecular weight is 305 g/mol. The van der Waals surface area contributed by atoms with E-state index in [0.717, 1.165) is 30.2 Å². The first kappa shape index (κ1) is 15.6. The molecule has 0 atom stereocenters. The van der Waals surface area contributed by atoms with Crippen LogP contribution in [0.25, 0.3) is 0 Å². The number of para-hydroxylation sites is 1. The van der Waals surface area contributed by atoms with Crippen LogP contribution in [0.2, 0.25) is 5.02 Å². The quantitative estimate of drug-likeness (QED) is 0.816. The second kappa shape index (κ2) is 7.27. The summed E-state index contributed by atoms with van der Waals surface area (Å²) in [6.07, 6.45) is 1.11. The van der Waals surface area contributed by atoms with Crippen LogP contribution < -0.4 is 10.6 Å². The summed E-state index contributed by atoms with van der Waals surface area (Å²) in [5.41, 5.74) is 1.71. The molecule has 0 aliphatic carbocycles. The maximum Gasteiger partial charge on any atom is 0.229 e. The molecule has 0 saturated carbocycles. The molecule has 21 heavy (non-hydrogen) atoms. The Hall–Kier alpha value is -1.81. The van der Waals surface area contributed by atoms with Crippen molar-refractivity contribution in [2.24, 2.45) is 5.92 Å². The van der Waals surface area contributed by atoms with Crippen LogP contribution in [0.1, 0.15) is 26.0 Å². The smallest absolute Gasteiger partial charge is 0.229 e. The minimum atomic E-state index is 0.551. The summed E-state index contributed by atoms with van der Waals surface area (Å²) in [5, 5.41) is 7.14. The van der Waals surface area contributed by atoms with E-state index < -0.39 is 0 Å².